The first-order valence-electron chi connectivity index (χ1n) is 7.02. The molecule has 0 radical (unpaired) electrons. The molecule has 16 heteroatoms. The molecule has 0 bridgehead atoms. The van der Waals surface area contributed by atoms with Gasteiger partial charge in [-0.2, -0.15) is 0 Å². The van der Waals surface area contributed by atoms with Gasteiger partial charge in [-0.05, 0) is 12.8 Å². The Morgan fingerprint density at radius 3 is 1.57 bits per heavy atom. The summed E-state index contributed by atoms with van der Waals surface area (Å²) in [7, 11) is -6.05. The van der Waals surface area contributed by atoms with E-state index in [0.717, 1.165) is 12.5 Å². The quantitative estimate of drug-likeness (QED) is 0.159. The molecule has 28 heavy (non-hydrogen) atoms. The molecule has 0 aromatic heterocycles. The predicted molar refractivity (Wildman–Crippen MR) is 115 cm³/mol. The Bertz CT molecular complexity index is 632. The van der Waals surface area contributed by atoms with E-state index in [-0.39, 0.29) is 72.9 Å². The van der Waals surface area contributed by atoms with Gasteiger partial charge in [0.2, 0.25) is 11.8 Å². The van der Waals surface area contributed by atoms with Crippen molar-refractivity contribution in [3.63, 3.8) is 0 Å². The van der Waals surface area contributed by atoms with Crippen LogP contribution in [-0.2, 0) is 71.4 Å². The zero-order chi connectivity index (χ0) is 21.6. The number of hydrogen-bond donors (Lipinski definition) is 4. The second-order valence-electron chi connectivity index (χ2n) is 5.97. The van der Waals surface area contributed by atoms with Crippen molar-refractivity contribution < 1.29 is 79.0 Å². The van der Waals surface area contributed by atoms with Crippen molar-refractivity contribution in [2.75, 3.05) is 24.0 Å². The molecule has 0 atom stereocenters. The van der Waals surface area contributed by atoms with Crippen LogP contribution < -0.4 is 11.0 Å². The normalized spacial score (nSPS) is 10.4. The Hall–Kier alpha value is 1.60. The molecule has 0 saturated heterocycles. The molecular weight excluding hydrogens is 986 g/mol. The van der Waals surface area contributed by atoms with Crippen molar-refractivity contribution in [1.29, 1.82) is 0 Å². The van der Waals surface area contributed by atoms with Crippen molar-refractivity contribution >= 4 is 68.7 Å². The second-order valence-corrected chi connectivity index (χ2v) is 10.5. The minimum Gasteiger partial charge on any atom is -0.289 e. The smallest absolute Gasteiger partial charge is 0.249 e. The molecule has 0 aromatic carbocycles. The van der Waals surface area contributed by atoms with Crippen molar-refractivity contribution in [2.24, 2.45) is 5.41 Å². The van der Waals surface area contributed by atoms with Gasteiger partial charge in [-0.25, -0.2) is 27.8 Å². The summed E-state index contributed by atoms with van der Waals surface area (Å²) in [5.74, 6) is -1.22. The maximum absolute atomic E-state index is 11.0. The number of amides is 2. The first-order valence-corrected chi connectivity index (χ1v) is 17.4. The minimum absolute atomic E-state index is 0. The Kier molecular flexibility index (Phi) is 29.3. The maximum atomic E-state index is 11.0. The van der Waals surface area contributed by atoms with E-state index in [1.807, 2.05) is 0 Å². The summed E-state index contributed by atoms with van der Waals surface area (Å²) in [6.07, 6.45) is 2.68. The maximum Gasteiger partial charge on any atom is 0.249 e. The van der Waals surface area contributed by atoms with Crippen molar-refractivity contribution in [3.8, 4) is 0 Å². The third kappa shape index (κ3) is 29.8. The van der Waals surface area contributed by atoms with Gasteiger partial charge in [-0.15, -0.1) is 0 Å². The molecule has 0 aliphatic heterocycles. The van der Waals surface area contributed by atoms with Gasteiger partial charge in [-0.3, -0.25) is 20.0 Å². The van der Waals surface area contributed by atoms with Gasteiger partial charge in [0.25, 0.3) is 0 Å². The average molecular weight is 1010 g/mol. The van der Waals surface area contributed by atoms with E-state index in [1.54, 1.807) is 13.8 Å². The fraction of sp³-hybridized carbons (Fsp3) is 0.833. The van der Waals surface area contributed by atoms with Crippen LogP contribution in [-0.4, -0.2) is 63.1 Å². The van der Waals surface area contributed by atoms with Crippen LogP contribution in [0, 0.1) is 5.41 Å². The SMILES string of the molecule is CC(C)(CCS(C)(=O)=O)C(=O)NO.CS(=O)(=O)CCCC(=O)NO.II.[W].[W]. The third-order valence-corrected chi connectivity index (χ3v) is 4.83. The van der Waals surface area contributed by atoms with E-state index in [1.165, 1.54) is 11.0 Å². The summed E-state index contributed by atoms with van der Waals surface area (Å²) < 4.78 is 42.6. The molecule has 0 heterocycles. The zero-order valence-corrected chi connectivity index (χ0v) is 27.6. The molecule has 4 N–H and O–H groups in total. The van der Waals surface area contributed by atoms with Gasteiger partial charge >= 0.3 is 0 Å². The molecule has 170 valence electrons. The molecule has 0 aliphatic rings. The Morgan fingerprint density at radius 1 is 0.893 bits per heavy atom. The van der Waals surface area contributed by atoms with Crippen molar-refractivity contribution in [3.05, 3.63) is 0 Å². The minimum atomic E-state index is -3.06. The average Bonchev–Trinajstić information content (AvgIpc) is 2.52. The van der Waals surface area contributed by atoms with Crippen LogP contribution in [0.1, 0.15) is 33.1 Å². The van der Waals surface area contributed by atoms with Crippen LogP contribution in [0.4, 0.5) is 0 Å². The van der Waals surface area contributed by atoms with Crippen LogP contribution in [0.25, 0.3) is 0 Å². The Labute approximate surface area is 218 Å². The van der Waals surface area contributed by atoms with E-state index >= 15 is 0 Å². The first-order chi connectivity index (χ1) is 11.6. The summed E-state index contributed by atoms with van der Waals surface area (Å²) in [4.78, 5) is 21.3. The van der Waals surface area contributed by atoms with Gasteiger partial charge in [-0.1, -0.05) is 13.8 Å². The number of hydrogen-bond acceptors (Lipinski definition) is 8. The van der Waals surface area contributed by atoms with Gasteiger partial charge in [0.05, 0.1) is 11.5 Å². The van der Waals surface area contributed by atoms with E-state index < -0.39 is 36.9 Å². The van der Waals surface area contributed by atoms with E-state index in [0.29, 0.717) is 0 Å². The number of carbonyl (C=O) groups is 2. The van der Waals surface area contributed by atoms with Gasteiger partial charge < -0.3 is 0 Å². The largest absolute Gasteiger partial charge is 0.289 e. The van der Waals surface area contributed by atoms with Crippen LogP contribution in [0.5, 0.6) is 0 Å². The standard InChI is InChI=1S/C7H15NO4S.C5H11NO4S.I2.2W/c1-7(2,6(9)8-10)4-5-13(3,11)12;1-11(9,10)4-2-3-5(7)6-8;1-2;;/h10H,4-5H2,1-3H3,(H,8,9);8H,2-4H2,1H3,(H,6,7);;;. The fourth-order valence-corrected chi connectivity index (χ4v) is 2.81. The van der Waals surface area contributed by atoms with Crippen molar-refractivity contribution in [1.82, 2.24) is 11.0 Å². The summed E-state index contributed by atoms with van der Waals surface area (Å²) in [6.45, 7) is 3.15. The molecule has 0 saturated carbocycles. The number of sulfone groups is 2. The summed E-state index contributed by atoms with van der Waals surface area (Å²) >= 11 is 4.24. The first kappa shape index (κ1) is 40.0. The Morgan fingerprint density at radius 2 is 1.29 bits per heavy atom. The van der Waals surface area contributed by atoms with Crippen LogP contribution >= 0.6 is 37.2 Å². The van der Waals surface area contributed by atoms with E-state index in [9.17, 15) is 26.4 Å². The van der Waals surface area contributed by atoms with E-state index in [4.69, 9.17) is 10.4 Å². The summed E-state index contributed by atoms with van der Waals surface area (Å²) in [5.41, 5.74) is 2.06. The summed E-state index contributed by atoms with van der Waals surface area (Å²) in [5, 5.41) is 16.4. The number of hydroxylamine groups is 2. The predicted octanol–water partition coefficient (Wildman–Crippen LogP) is 1.04. The fourth-order valence-electron chi connectivity index (χ4n) is 1.26. The topological polar surface area (TPSA) is 167 Å². The van der Waals surface area contributed by atoms with E-state index in [2.05, 4.69) is 37.2 Å². The zero-order valence-electron chi connectivity index (χ0n) is 15.8. The van der Waals surface area contributed by atoms with Crippen LogP contribution in [0.3, 0.4) is 0 Å². The van der Waals surface area contributed by atoms with Gasteiger partial charge in [0.1, 0.15) is 19.7 Å². The monoisotopic (exact) mass is 1010 g/mol. The molecule has 0 rings (SSSR count). The molecule has 10 nitrogen and oxygen atoms in total. The second kappa shape index (κ2) is 20.5. The van der Waals surface area contributed by atoms with Crippen molar-refractivity contribution in [2.45, 2.75) is 33.1 Å². The third-order valence-electron chi connectivity index (χ3n) is 2.86. The molecule has 0 aliphatic carbocycles. The van der Waals surface area contributed by atoms with Gasteiger partial charge in [0, 0.05) is 104 Å². The molecule has 0 unspecified atom stereocenters. The molecule has 0 aromatic rings. The van der Waals surface area contributed by atoms with Crippen LogP contribution in [0.2, 0.25) is 0 Å². The molecular formula is C12H26I2N2O8S2W2. The number of rotatable bonds is 8. The van der Waals surface area contributed by atoms with Crippen LogP contribution in [0.15, 0.2) is 0 Å². The molecule has 0 spiro atoms. The number of halogens is 2. The number of nitrogens with one attached hydrogen (secondary N) is 2. The molecule has 0 fully saturated rings. The summed E-state index contributed by atoms with van der Waals surface area (Å²) in [6, 6.07) is 0. The molecule has 2 amide bonds. The Balaban J connectivity index is -0.000000109. The van der Waals surface area contributed by atoms with Gasteiger partial charge in [0.15, 0.2) is 0 Å². The number of carbonyl (C=O) groups excluding carboxylic acids is 2.